The van der Waals surface area contributed by atoms with E-state index >= 15 is 0 Å². The third-order valence-corrected chi connectivity index (χ3v) is 6.68. The molecule has 0 atom stereocenters. The van der Waals surface area contributed by atoms with Crippen LogP contribution in [0.15, 0.2) is 12.2 Å². The van der Waals surface area contributed by atoms with Gasteiger partial charge in [-0.05, 0) is 81.0 Å². The molecular formula is C46H102O4. The van der Waals surface area contributed by atoms with Gasteiger partial charge in [0.1, 0.15) is 5.78 Å². The number of carbonyl (C=O) groups excluding carboxylic acids is 1. The summed E-state index contributed by atoms with van der Waals surface area (Å²) in [6.45, 7) is 44.8. The Bertz CT molecular complexity index is 536. The molecule has 0 rings (SSSR count). The van der Waals surface area contributed by atoms with E-state index in [-0.39, 0.29) is 0 Å². The quantitative estimate of drug-likeness (QED) is 0.0928. The maximum Gasteiger partial charge on any atom is 0.132 e. The monoisotopic (exact) mass is 719 g/mol. The van der Waals surface area contributed by atoms with Crippen LogP contribution in [-0.2, 0) is 19.0 Å². The molecule has 0 radical (unpaired) electrons. The van der Waals surface area contributed by atoms with Crippen molar-refractivity contribution in [3.63, 3.8) is 0 Å². The Morgan fingerprint density at radius 1 is 0.520 bits per heavy atom. The first-order chi connectivity index (χ1) is 23.3. The summed E-state index contributed by atoms with van der Waals surface area (Å²) in [5.41, 5.74) is 0. The molecule has 0 aromatic heterocycles. The zero-order valence-electron chi connectivity index (χ0n) is 38.9. The third-order valence-electron chi connectivity index (χ3n) is 6.68. The van der Waals surface area contributed by atoms with Gasteiger partial charge in [-0.15, -0.1) is 0 Å². The minimum absolute atomic E-state index is 0.375. The number of rotatable bonds is 20. The number of carbonyl (C=O) groups is 1. The third kappa shape index (κ3) is 118. The Labute approximate surface area is 320 Å². The molecule has 0 aliphatic carbocycles. The highest BCUT2D eigenvalue weighted by atomic mass is 16.5. The maximum absolute atomic E-state index is 10.6. The first-order valence-electron chi connectivity index (χ1n) is 21.0. The molecule has 0 heterocycles. The summed E-state index contributed by atoms with van der Waals surface area (Å²) in [6.07, 6.45) is 17.4. The van der Waals surface area contributed by atoms with Crippen molar-refractivity contribution in [3.8, 4) is 0 Å². The van der Waals surface area contributed by atoms with Crippen LogP contribution >= 0.6 is 0 Å². The van der Waals surface area contributed by atoms with Crippen LogP contribution in [0.25, 0.3) is 0 Å². The lowest BCUT2D eigenvalue weighted by atomic mass is 10.1. The van der Waals surface area contributed by atoms with Gasteiger partial charge in [0.15, 0.2) is 0 Å². The lowest BCUT2D eigenvalue weighted by Gasteiger charge is -2.02. The first kappa shape index (κ1) is 64.3. The van der Waals surface area contributed by atoms with E-state index in [4.69, 9.17) is 14.2 Å². The van der Waals surface area contributed by atoms with E-state index in [1.165, 1.54) is 57.8 Å². The Hall–Kier alpha value is -0.710. The standard InChI is InChI=1S/2C7H16O.C7H14O.C7H16.C6H14O.C6H14.C6H12/c1-7(2)5-4-6-8-3;1-4-8-6-5-7(2)3;1-4-7(8)5-6(2)3;1-4-5-6-7(2)3;1-6(2)4-5-7-3;2*1-4-5-6(2)3/h2*7H,4-6H2,1-3H3;6H,4-5H2,1-3H3;7H,4-6H2,1-3H3;6H,4-5H2,1-3H3;6H,4-5H2,1-3H3;4-6H,1-3H3/b;;;;;;5-4+. The molecule has 0 aliphatic rings. The predicted molar refractivity (Wildman–Crippen MR) is 232 cm³/mol. The second-order valence-electron chi connectivity index (χ2n) is 16.1. The Morgan fingerprint density at radius 2 is 0.940 bits per heavy atom. The fourth-order valence-corrected chi connectivity index (χ4v) is 3.63. The van der Waals surface area contributed by atoms with Gasteiger partial charge in [-0.3, -0.25) is 4.79 Å². The molecule has 0 bridgehead atoms. The van der Waals surface area contributed by atoms with Crippen LogP contribution in [-0.4, -0.2) is 46.4 Å². The number of hydrogen-bond acceptors (Lipinski definition) is 4. The molecular weight excluding hydrogens is 617 g/mol. The van der Waals surface area contributed by atoms with Gasteiger partial charge in [0.2, 0.25) is 0 Å². The van der Waals surface area contributed by atoms with Crippen LogP contribution in [0.4, 0.5) is 0 Å². The summed E-state index contributed by atoms with van der Waals surface area (Å²) >= 11 is 0. The predicted octanol–water partition coefficient (Wildman–Crippen LogP) is 15.3. The van der Waals surface area contributed by atoms with Crippen molar-refractivity contribution in [3.05, 3.63) is 12.2 Å². The Kier molecular flexibility index (Phi) is 74.1. The van der Waals surface area contributed by atoms with Crippen molar-refractivity contribution in [2.24, 2.45) is 41.4 Å². The average molecular weight is 719 g/mol. The SMILES string of the molecule is C/C=C/C(C)C.CCC(=O)CC(C)C.CCCC(C)C.CCCCC(C)C.CCOCCC(C)C.COCCC(C)C.COCCCC(C)C. The molecule has 0 fully saturated rings. The molecule has 0 aliphatic heterocycles. The summed E-state index contributed by atoms with van der Waals surface area (Å²) < 4.78 is 14.9. The number of allylic oxidation sites excluding steroid dienone is 2. The summed E-state index contributed by atoms with van der Waals surface area (Å²) in [7, 11) is 3.49. The molecule has 0 spiro atoms. The van der Waals surface area contributed by atoms with Crippen LogP contribution in [0.3, 0.4) is 0 Å². The van der Waals surface area contributed by atoms with Gasteiger partial charge in [-0.25, -0.2) is 0 Å². The highest BCUT2D eigenvalue weighted by Gasteiger charge is 2.00. The molecule has 0 aromatic carbocycles. The van der Waals surface area contributed by atoms with E-state index in [0.29, 0.717) is 18.1 Å². The van der Waals surface area contributed by atoms with Gasteiger partial charge in [0.25, 0.3) is 0 Å². The van der Waals surface area contributed by atoms with Crippen molar-refractivity contribution in [1.82, 2.24) is 0 Å². The Morgan fingerprint density at radius 3 is 1.12 bits per heavy atom. The number of Topliss-reactive ketones (excluding diaryl/α,β-unsaturated/α-hetero) is 1. The lowest BCUT2D eigenvalue weighted by Crippen LogP contribution is -1.99. The molecule has 310 valence electrons. The molecule has 50 heavy (non-hydrogen) atoms. The van der Waals surface area contributed by atoms with Crippen LogP contribution in [0.5, 0.6) is 0 Å². The summed E-state index contributed by atoms with van der Waals surface area (Å²) in [6, 6.07) is 0. The van der Waals surface area contributed by atoms with Gasteiger partial charge < -0.3 is 14.2 Å². The van der Waals surface area contributed by atoms with E-state index in [2.05, 4.69) is 123 Å². The summed E-state index contributed by atoms with van der Waals surface area (Å²) in [4.78, 5) is 10.6. The first-order valence-corrected chi connectivity index (χ1v) is 21.0. The number of ketones is 1. The van der Waals surface area contributed by atoms with Crippen LogP contribution in [0.1, 0.15) is 202 Å². The number of hydrogen-bond donors (Lipinski definition) is 0. The van der Waals surface area contributed by atoms with Gasteiger partial charge >= 0.3 is 0 Å². The second kappa shape index (κ2) is 57.6. The van der Waals surface area contributed by atoms with Gasteiger partial charge in [-0.1, -0.05) is 162 Å². The summed E-state index contributed by atoms with van der Waals surface area (Å²) in [5.74, 6) is 5.80. The molecule has 4 heteroatoms. The van der Waals surface area contributed by atoms with E-state index in [9.17, 15) is 4.79 Å². The van der Waals surface area contributed by atoms with Crippen molar-refractivity contribution < 1.29 is 19.0 Å². The fraction of sp³-hybridized carbons (Fsp3) is 0.935. The molecule has 0 aromatic rings. The van der Waals surface area contributed by atoms with Crippen molar-refractivity contribution in [1.29, 1.82) is 0 Å². The van der Waals surface area contributed by atoms with Crippen molar-refractivity contribution >= 4 is 5.78 Å². The average Bonchev–Trinajstić information content (AvgIpc) is 3.00. The van der Waals surface area contributed by atoms with E-state index < -0.39 is 0 Å². The number of methoxy groups -OCH3 is 2. The molecule has 0 saturated heterocycles. The highest BCUT2D eigenvalue weighted by Crippen LogP contribution is 2.05. The van der Waals surface area contributed by atoms with Gasteiger partial charge in [0.05, 0.1) is 0 Å². The van der Waals surface area contributed by atoms with Crippen molar-refractivity contribution in [2.75, 3.05) is 40.6 Å². The van der Waals surface area contributed by atoms with Gasteiger partial charge in [-0.2, -0.15) is 0 Å². The normalized spacial score (nSPS) is 10.4. The zero-order chi connectivity index (χ0) is 40.8. The smallest absolute Gasteiger partial charge is 0.132 e. The van der Waals surface area contributed by atoms with Crippen LogP contribution in [0, 0.1) is 41.4 Å². The zero-order valence-corrected chi connectivity index (χ0v) is 38.9. The molecule has 0 amide bonds. The molecule has 0 N–H and O–H groups in total. The molecule has 4 nitrogen and oxygen atoms in total. The van der Waals surface area contributed by atoms with E-state index in [1.54, 1.807) is 14.2 Å². The van der Waals surface area contributed by atoms with Crippen LogP contribution in [0.2, 0.25) is 0 Å². The van der Waals surface area contributed by atoms with Crippen molar-refractivity contribution in [2.45, 2.75) is 202 Å². The minimum atomic E-state index is 0.375. The number of ether oxygens (including phenoxy) is 3. The lowest BCUT2D eigenvalue weighted by molar-refractivity contribution is -0.119. The minimum Gasteiger partial charge on any atom is -0.385 e. The topological polar surface area (TPSA) is 44.8 Å². The maximum atomic E-state index is 10.6. The summed E-state index contributed by atoms with van der Waals surface area (Å²) in [5, 5.41) is 0. The fourth-order valence-electron chi connectivity index (χ4n) is 3.63. The molecule has 0 saturated carbocycles. The number of unbranched alkanes of at least 4 members (excludes halogenated alkanes) is 1. The van der Waals surface area contributed by atoms with E-state index in [0.717, 1.165) is 68.4 Å². The Balaban J connectivity index is -0.0000000865. The molecule has 0 unspecified atom stereocenters. The van der Waals surface area contributed by atoms with Crippen LogP contribution < -0.4 is 0 Å². The largest absolute Gasteiger partial charge is 0.385 e. The van der Waals surface area contributed by atoms with Gasteiger partial charge in [0, 0.05) is 53.5 Å². The second-order valence-corrected chi connectivity index (χ2v) is 16.1. The highest BCUT2D eigenvalue weighted by molar-refractivity contribution is 5.78. The van der Waals surface area contributed by atoms with E-state index in [1.807, 2.05) is 20.8 Å².